The van der Waals surface area contributed by atoms with E-state index in [1.807, 2.05) is 0 Å². The third-order valence-corrected chi connectivity index (χ3v) is 6.08. The lowest BCUT2D eigenvalue weighted by Gasteiger charge is -2.22. The Morgan fingerprint density at radius 2 is 1.88 bits per heavy atom. The number of amides is 1. The molecule has 1 unspecified atom stereocenters. The number of halogens is 3. The van der Waals surface area contributed by atoms with Crippen molar-refractivity contribution < 1.29 is 22.7 Å². The third kappa shape index (κ3) is 3.74. The maximum absolute atomic E-state index is 13.3. The number of nitrogen functional groups attached to an aromatic ring is 1. The fourth-order valence-electron chi connectivity index (χ4n) is 4.17. The predicted octanol–water partition coefficient (Wildman–Crippen LogP) is 4.55. The molecule has 2 heterocycles. The first-order valence-electron chi connectivity index (χ1n) is 10.3. The molecule has 1 aliphatic rings. The highest BCUT2D eigenvalue weighted by molar-refractivity contribution is 6.09. The van der Waals surface area contributed by atoms with Gasteiger partial charge < -0.3 is 20.7 Å². The molecule has 10 heteroatoms. The van der Waals surface area contributed by atoms with Crippen molar-refractivity contribution in [2.45, 2.75) is 38.6 Å². The second kappa shape index (κ2) is 7.58. The molecule has 0 saturated carbocycles. The van der Waals surface area contributed by atoms with Crippen LogP contribution < -0.4 is 16.0 Å². The second-order valence-corrected chi connectivity index (χ2v) is 8.36. The van der Waals surface area contributed by atoms with Gasteiger partial charge in [-0.05, 0) is 56.7 Å². The van der Waals surface area contributed by atoms with Crippen LogP contribution in [0.25, 0.3) is 10.9 Å². The highest BCUT2D eigenvalue weighted by Crippen LogP contribution is 2.44. The van der Waals surface area contributed by atoms with E-state index in [2.05, 4.69) is 15.3 Å². The Hall–Kier alpha value is -3.40. The average molecular weight is 459 g/mol. The molecule has 0 saturated heterocycles. The summed E-state index contributed by atoms with van der Waals surface area (Å²) in [6.45, 7) is 5.14. The van der Waals surface area contributed by atoms with Crippen molar-refractivity contribution in [1.29, 1.82) is 0 Å². The Balaban J connectivity index is 1.81. The molecule has 0 bridgehead atoms. The number of ether oxygens (including phenoxy) is 1. The molecule has 4 rings (SSSR count). The van der Waals surface area contributed by atoms with E-state index in [1.54, 1.807) is 40.0 Å². The topological polar surface area (TPSA) is 93.4 Å². The van der Waals surface area contributed by atoms with Crippen molar-refractivity contribution in [2.24, 2.45) is 0 Å². The molecule has 7 nitrogen and oxygen atoms in total. The van der Waals surface area contributed by atoms with Gasteiger partial charge in [-0.15, -0.1) is 0 Å². The number of likely N-dealkylation sites (N-methyl/N-ethyl adjacent to an activating group) is 1. The zero-order valence-corrected chi connectivity index (χ0v) is 18.8. The number of nitrogens with zero attached hydrogens (tertiary/aromatic N) is 3. The molecule has 0 fully saturated rings. The number of methoxy groups -OCH3 is 1. The van der Waals surface area contributed by atoms with Crippen molar-refractivity contribution in [3.05, 3.63) is 52.8 Å². The number of nitrogens with two attached hydrogens (primary N) is 1. The van der Waals surface area contributed by atoms with Gasteiger partial charge in [0.15, 0.2) is 5.60 Å². The second-order valence-electron chi connectivity index (χ2n) is 8.36. The summed E-state index contributed by atoms with van der Waals surface area (Å²) in [6.07, 6.45) is -4.51. The van der Waals surface area contributed by atoms with Gasteiger partial charge in [0.2, 0.25) is 0 Å². The van der Waals surface area contributed by atoms with Gasteiger partial charge in [-0.2, -0.15) is 13.2 Å². The summed E-state index contributed by atoms with van der Waals surface area (Å²) in [5.74, 6) is 0.703. The normalized spacial score (nSPS) is 19.2. The number of hydrogen-bond acceptors (Lipinski definition) is 6. The van der Waals surface area contributed by atoms with Crippen LogP contribution in [-0.2, 0) is 21.3 Å². The lowest BCUT2D eigenvalue weighted by Crippen LogP contribution is -2.37. The first kappa shape index (κ1) is 22.8. The fraction of sp³-hybridized carbons (Fsp3) is 0.348. The molecule has 1 aliphatic heterocycles. The number of fused-ring (bicyclic) bond motifs is 2. The minimum Gasteiger partial charge on any atom is -0.399 e. The summed E-state index contributed by atoms with van der Waals surface area (Å²) in [4.78, 5) is 23.3. The van der Waals surface area contributed by atoms with Gasteiger partial charge in [-0.25, -0.2) is 9.97 Å². The van der Waals surface area contributed by atoms with E-state index in [9.17, 15) is 18.0 Å². The molecule has 0 radical (unpaired) electrons. The number of benzene rings is 2. The van der Waals surface area contributed by atoms with Crippen LogP contribution in [0.4, 0.5) is 30.4 Å². The summed E-state index contributed by atoms with van der Waals surface area (Å²) < 4.78 is 45.3. The molecule has 3 N–H and O–H groups in total. The van der Waals surface area contributed by atoms with Crippen molar-refractivity contribution >= 4 is 34.0 Å². The Labute approximate surface area is 188 Å². The van der Waals surface area contributed by atoms with Crippen molar-refractivity contribution in [3.8, 4) is 0 Å². The monoisotopic (exact) mass is 459 g/mol. The van der Waals surface area contributed by atoms with E-state index in [4.69, 9.17) is 10.5 Å². The highest BCUT2D eigenvalue weighted by atomic mass is 19.4. The Morgan fingerprint density at radius 3 is 2.52 bits per heavy atom. The lowest BCUT2D eigenvalue weighted by molar-refractivity contribution is -0.138. The van der Waals surface area contributed by atoms with Crippen LogP contribution in [0.3, 0.4) is 0 Å². The third-order valence-electron chi connectivity index (χ3n) is 6.08. The number of nitrogens with one attached hydrogen (secondary N) is 1. The molecule has 2 aromatic carbocycles. The first-order valence-corrected chi connectivity index (χ1v) is 10.3. The Kier molecular flexibility index (Phi) is 5.24. The van der Waals surface area contributed by atoms with Gasteiger partial charge in [0, 0.05) is 30.8 Å². The van der Waals surface area contributed by atoms with Crippen molar-refractivity contribution in [2.75, 3.05) is 30.1 Å². The summed E-state index contributed by atoms with van der Waals surface area (Å²) >= 11 is 0. The average Bonchev–Trinajstić information content (AvgIpc) is 2.92. The SMILES string of the molecule is COC1(C)C(=O)N(C)c2cc3nc(C)nc(N[C@H](C)c4cc(N)cc(C(F)(F)F)c4)c3cc21. The molecule has 174 valence electrons. The summed E-state index contributed by atoms with van der Waals surface area (Å²) in [7, 11) is 3.14. The minimum absolute atomic E-state index is 0.0208. The van der Waals surface area contributed by atoms with Crippen LogP contribution in [0, 0.1) is 6.92 Å². The number of carbonyl (C=O) groups excluding carboxylic acids is 1. The van der Waals surface area contributed by atoms with Gasteiger partial charge in [0.1, 0.15) is 11.6 Å². The molecular formula is C23H24F3N5O2. The number of rotatable bonds is 4. The maximum atomic E-state index is 13.3. The molecule has 1 aromatic heterocycles. The molecule has 2 atom stereocenters. The fourth-order valence-corrected chi connectivity index (χ4v) is 4.17. The molecule has 1 amide bonds. The van der Waals surface area contributed by atoms with Crippen molar-refractivity contribution in [3.63, 3.8) is 0 Å². The van der Waals surface area contributed by atoms with Crippen LogP contribution in [0.1, 0.15) is 42.4 Å². The molecule has 33 heavy (non-hydrogen) atoms. The van der Waals surface area contributed by atoms with E-state index >= 15 is 0 Å². The Bertz CT molecular complexity index is 1280. The quantitative estimate of drug-likeness (QED) is 0.556. The van der Waals surface area contributed by atoms with Crippen LogP contribution in [0.15, 0.2) is 30.3 Å². The van der Waals surface area contributed by atoms with Gasteiger partial charge in [-0.1, -0.05) is 0 Å². The number of aryl methyl sites for hydroxylation is 1. The van der Waals surface area contributed by atoms with E-state index in [1.165, 1.54) is 18.1 Å². The lowest BCUT2D eigenvalue weighted by atomic mass is 9.95. The molecule has 0 spiro atoms. The van der Waals surface area contributed by atoms with E-state index in [0.29, 0.717) is 39.4 Å². The minimum atomic E-state index is -4.51. The van der Waals surface area contributed by atoms with Crippen LogP contribution in [0.5, 0.6) is 0 Å². The number of carbonyl (C=O) groups is 1. The van der Waals surface area contributed by atoms with Crippen molar-refractivity contribution in [1.82, 2.24) is 9.97 Å². The summed E-state index contributed by atoms with van der Waals surface area (Å²) in [6, 6.07) is 6.51. The first-order chi connectivity index (χ1) is 15.3. The number of aromatic nitrogens is 2. The van der Waals surface area contributed by atoms with E-state index in [-0.39, 0.29) is 11.6 Å². The molecule has 3 aromatic rings. The van der Waals surface area contributed by atoms with E-state index in [0.717, 1.165) is 12.1 Å². The molecular weight excluding hydrogens is 435 g/mol. The standard InChI is InChI=1S/C23H24F3N5O2/c1-11(13-6-14(23(24,25)26)8-15(27)7-13)28-20-16-9-17-19(10-18(16)29-12(2)30-20)31(4)21(32)22(17,3)33-5/h6-11H,27H2,1-5H3,(H,28,29,30)/t11-,22?/m1/s1. The van der Waals surface area contributed by atoms with Gasteiger partial charge >= 0.3 is 6.18 Å². The van der Waals surface area contributed by atoms with Gasteiger partial charge in [-0.3, -0.25) is 4.79 Å². The molecule has 0 aliphatic carbocycles. The maximum Gasteiger partial charge on any atom is 0.416 e. The smallest absolute Gasteiger partial charge is 0.399 e. The van der Waals surface area contributed by atoms with Gasteiger partial charge in [0.25, 0.3) is 5.91 Å². The number of alkyl halides is 3. The summed E-state index contributed by atoms with van der Waals surface area (Å²) in [5.41, 5.74) is 6.08. The van der Waals surface area contributed by atoms with Crippen LogP contribution in [-0.4, -0.2) is 30.0 Å². The van der Waals surface area contributed by atoms with Gasteiger partial charge in [0.05, 0.1) is 22.8 Å². The van der Waals surface area contributed by atoms with E-state index < -0.39 is 23.4 Å². The number of anilines is 3. The summed E-state index contributed by atoms with van der Waals surface area (Å²) in [5, 5.41) is 3.82. The Morgan fingerprint density at radius 1 is 1.18 bits per heavy atom. The zero-order valence-electron chi connectivity index (χ0n) is 18.8. The van der Waals surface area contributed by atoms with Crippen LogP contribution >= 0.6 is 0 Å². The highest BCUT2D eigenvalue weighted by Gasteiger charge is 2.47. The number of hydrogen-bond donors (Lipinski definition) is 2. The predicted molar refractivity (Wildman–Crippen MR) is 120 cm³/mol. The zero-order chi connectivity index (χ0) is 24.3. The largest absolute Gasteiger partial charge is 0.416 e. The van der Waals surface area contributed by atoms with Crippen LogP contribution in [0.2, 0.25) is 0 Å².